The van der Waals surface area contributed by atoms with Crippen LogP contribution in [0, 0.1) is 10.1 Å². The number of nitrogens with zero attached hydrogens (tertiary/aromatic N) is 1. The number of rotatable bonds is 3. The molecule has 1 amide bonds. The second kappa shape index (κ2) is 3.79. The van der Waals surface area contributed by atoms with E-state index >= 15 is 0 Å². The van der Waals surface area contributed by atoms with Crippen molar-refractivity contribution in [3.05, 3.63) is 39.4 Å². The fourth-order valence-corrected chi connectivity index (χ4v) is 1.90. The Hall–Kier alpha value is -1.99. The zero-order valence-corrected chi connectivity index (χ0v) is 9.22. The molecule has 0 saturated carbocycles. The van der Waals surface area contributed by atoms with Gasteiger partial charge in [-0.1, -0.05) is 6.07 Å². The van der Waals surface area contributed by atoms with Crippen molar-refractivity contribution < 1.29 is 19.2 Å². The molecule has 0 aliphatic carbocycles. The van der Waals surface area contributed by atoms with E-state index in [0.29, 0.717) is 0 Å². The number of hydrogen-bond donors (Lipinski definition) is 1. The lowest BCUT2D eigenvalue weighted by Crippen LogP contribution is -2.43. The second-order valence-corrected chi connectivity index (χ2v) is 3.44. The summed E-state index contributed by atoms with van der Waals surface area (Å²) < 4.78 is 10.2. The number of nitro benzene ring substituents is 1. The number of methoxy groups -OCH3 is 2. The van der Waals surface area contributed by atoms with Crippen molar-refractivity contribution in [1.29, 1.82) is 0 Å². The van der Waals surface area contributed by atoms with Gasteiger partial charge in [-0.3, -0.25) is 20.2 Å². The Morgan fingerprint density at radius 2 is 2.00 bits per heavy atom. The van der Waals surface area contributed by atoms with Crippen LogP contribution in [0.4, 0.5) is 5.69 Å². The Morgan fingerprint density at radius 3 is 2.53 bits per heavy atom. The molecule has 7 heteroatoms. The average Bonchev–Trinajstić information content (AvgIpc) is 2.63. The molecular weight excluding hydrogens is 228 g/mol. The Balaban J connectivity index is 2.73. The van der Waals surface area contributed by atoms with Gasteiger partial charge in [0.05, 0.1) is 10.5 Å². The van der Waals surface area contributed by atoms with Gasteiger partial charge in [-0.05, 0) is 6.07 Å². The first-order valence-corrected chi connectivity index (χ1v) is 4.76. The van der Waals surface area contributed by atoms with E-state index in [1.54, 1.807) is 0 Å². The van der Waals surface area contributed by atoms with Crippen LogP contribution in [0.3, 0.4) is 0 Å². The molecule has 1 aliphatic heterocycles. The van der Waals surface area contributed by atoms with Crippen molar-refractivity contribution in [2.24, 2.45) is 0 Å². The van der Waals surface area contributed by atoms with Crippen LogP contribution in [0.2, 0.25) is 0 Å². The van der Waals surface area contributed by atoms with Gasteiger partial charge in [0.2, 0.25) is 0 Å². The third-order valence-corrected chi connectivity index (χ3v) is 2.67. The topological polar surface area (TPSA) is 90.7 Å². The molecule has 1 aromatic rings. The Labute approximate surface area is 96.5 Å². The van der Waals surface area contributed by atoms with Crippen LogP contribution in [0.15, 0.2) is 18.2 Å². The Kier molecular flexibility index (Phi) is 2.56. The molecule has 2 rings (SSSR count). The van der Waals surface area contributed by atoms with Gasteiger partial charge in [0.1, 0.15) is 5.56 Å². The van der Waals surface area contributed by atoms with Gasteiger partial charge in [0, 0.05) is 20.3 Å². The van der Waals surface area contributed by atoms with E-state index in [9.17, 15) is 14.9 Å². The third kappa shape index (κ3) is 1.48. The summed E-state index contributed by atoms with van der Waals surface area (Å²) in [4.78, 5) is 22.0. The SMILES string of the molecule is COC1(OC)NC(=O)c2cccc([N+](=O)[O-])c21. The molecule has 0 saturated heterocycles. The molecule has 0 bridgehead atoms. The van der Waals surface area contributed by atoms with Crippen molar-refractivity contribution in [2.75, 3.05) is 14.2 Å². The van der Waals surface area contributed by atoms with Gasteiger partial charge in [0.25, 0.3) is 17.5 Å². The largest absolute Gasteiger partial charge is 0.332 e. The monoisotopic (exact) mass is 238 g/mol. The molecule has 7 nitrogen and oxygen atoms in total. The van der Waals surface area contributed by atoms with Gasteiger partial charge >= 0.3 is 0 Å². The summed E-state index contributed by atoms with van der Waals surface area (Å²) in [5.74, 6) is -2.05. The molecule has 0 atom stereocenters. The average molecular weight is 238 g/mol. The van der Waals surface area contributed by atoms with Crippen LogP contribution in [0.1, 0.15) is 15.9 Å². The lowest BCUT2D eigenvalue weighted by atomic mass is 10.1. The molecule has 0 spiro atoms. The maximum atomic E-state index is 11.7. The Bertz CT molecular complexity index is 495. The summed E-state index contributed by atoms with van der Waals surface area (Å²) >= 11 is 0. The van der Waals surface area contributed by atoms with Crippen molar-refractivity contribution in [3.8, 4) is 0 Å². The predicted molar refractivity (Wildman–Crippen MR) is 56.3 cm³/mol. The molecule has 17 heavy (non-hydrogen) atoms. The number of carbonyl (C=O) groups excluding carboxylic acids is 1. The number of nitrogens with one attached hydrogen (secondary N) is 1. The smallest absolute Gasteiger partial charge is 0.287 e. The molecule has 0 unspecified atom stereocenters. The van der Waals surface area contributed by atoms with E-state index in [1.807, 2.05) is 0 Å². The molecular formula is C10H10N2O5. The molecule has 1 aromatic carbocycles. The minimum Gasteiger partial charge on any atom is -0.332 e. The van der Waals surface area contributed by atoms with Crippen LogP contribution >= 0.6 is 0 Å². The normalized spacial score (nSPS) is 16.5. The first-order valence-electron chi connectivity index (χ1n) is 4.76. The number of carbonyl (C=O) groups is 1. The van der Waals surface area contributed by atoms with Gasteiger partial charge in [-0.2, -0.15) is 0 Å². The van der Waals surface area contributed by atoms with Gasteiger partial charge in [-0.15, -0.1) is 0 Å². The van der Waals surface area contributed by atoms with Crippen LogP contribution in [-0.2, 0) is 15.4 Å². The lowest BCUT2D eigenvalue weighted by molar-refractivity contribution is -0.388. The summed E-state index contributed by atoms with van der Waals surface area (Å²) in [7, 11) is 2.60. The number of nitro groups is 1. The van der Waals surface area contributed by atoms with Crippen molar-refractivity contribution in [3.63, 3.8) is 0 Å². The molecule has 1 N–H and O–H groups in total. The highest BCUT2D eigenvalue weighted by Crippen LogP contribution is 2.38. The standard InChI is InChI=1S/C10H10N2O5/c1-16-10(17-2)8-6(9(13)11-10)4-3-5-7(8)12(14)15/h3-5H,1-2H3,(H,11,13). The highest BCUT2D eigenvalue weighted by Gasteiger charge is 2.49. The number of benzene rings is 1. The quantitative estimate of drug-likeness (QED) is 0.476. The predicted octanol–water partition coefficient (Wildman–Crippen LogP) is 0.741. The van der Waals surface area contributed by atoms with E-state index in [2.05, 4.69) is 5.32 Å². The maximum absolute atomic E-state index is 11.7. The van der Waals surface area contributed by atoms with E-state index in [-0.39, 0.29) is 16.8 Å². The lowest BCUT2D eigenvalue weighted by Gasteiger charge is -2.25. The Morgan fingerprint density at radius 1 is 1.35 bits per heavy atom. The summed E-state index contributed by atoms with van der Waals surface area (Å²) in [6, 6.07) is 4.22. The minimum atomic E-state index is -1.59. The van der Waals surface area contributed by atoms with Crippen molar-refractivity contribution >= 4 is 11.6 Å². The molecule has 0 fully saturated rings. The van der Waals surface area contributed by atoms with E-state index in [4.69, 9.17) is 9.47 Å². The number of hydrogen-bond acceptors (Lipinski definition) is 5. The minimum absolute atomic E-state index is 0.0972. The van der Waals surface area contributed by atoms with Gasteiger partial charge in [0.15, 0.2) is 0 Å². The van der Waals surface area contributed by atoms with Crippen LogP contribution in [0.25, 0.3) is 0 Å². The zero-order chi connectivity index (χ0) is 12.6. The van der Waals surface area contributed by atoms with Crippen LogP contribution < -0.4 is 5.32 Å². The summed E-state index contributed by atoms with van der Waals surface area (Å²) in [5, 5.41) is 13.4. The summed E-state index contributed by atoms with van der Waals surface area (Å²) in [5.41, 5.74) is 0.0625. The number of fused-ring (bicyclic) bond motifs is 1. The fourth-order valence-electron chi connectivity index (χ4n) is 1.90. The third-order valence-electron chi connectivity index (χ3n) is 2.67. The molecule has 90 valence electrons. The highest BCUT2D eigenvalue weighted by atomic mass is 16.7. The van der Waals surface area contributed by atoms with Gasteiger partial charge < -0.3 is 9.47 Å². The maximum Gasteiger partial charge on any atom is 0.287 e. The van der Waals surface area contributed by atoms with Gasteiger partial charge in [-0.25, -0.2) is 0 Å². The second-order valence-electron chi connectivity index (χ2n) is 3.44. The van der Waals surface area contributed by atoms with Crippen molar-refractivity contribution in [2.45, 2.75) is 5.91 Å². The highest BCUT2D eigenvalue weighted by molar-refractivity contribution is 6.00. The molecule has 1 aliphatic rings. The van der Waals surface area contributed by atoms with E-state index in [1.165, 1.54) is 32.4 Å². The first kappa shape index (κ1) is 11.5. The summed E-state index contributed by atoms with van der Waals surface area (Å²) in [6.45, 7) is 0. The van der Waals surface area contributed by atoms with Crippen molar-refractivity contribution in [1.82, 2.24) is 5.32 Å². The van der Waals surface area contributed by atoms with E-state index < -0.39 is 16.7 Å². The molecule has 0 aromatic heterocycles. The fraction of sp³-hybridized carbons (Fsp3) is 0.300. The zero-order valence-electron chi connectivity index (χ0n) is 9.22. The first-order chi connectivity index (χ1) is 8.05. The summed E-state index contributed by atoms with van der Waals surface area (Å²) in [6.07, 6.45) is 0. The molecule has 1 heterocycles. The molecule has 0 radical (unpaired) electrons. The van der Waals surface area contributed by atoms with Crippen LogP contribution in [0.5, 0.6) is 0 Å². The van der Waals surface area contributed by atoms with Crippen LogP contribution in [-0.4, -0.2) is 25.1 Å². The number of amides is 1. The van der Waals surface area contributed by atoms with E-state index in [0.717, 1.165) is 0 Å². The number of ether oxygens (including phenoxy) is 2.